The fourth-order valence-electron chi connectivity index (χ4n) is 3.66. The maximum atomic E-state index is 13.5. The molecule has 6 nitrogen and oxygen atoms in total. The zero-order valence-electron chi connectivity index (χ0n) is 21.0. The molecule has 3 aromatic rings. The first-order valence-electron chi connectivity index (χ1n) is 11.7. The van der Waals surface area contributed by atoms with Crippen molar-refractivity contribution < 1.29 is 31.1 Å². The molecule has 0 aliphatic carbocycles. The van der Waals surface area contributed by atoms with E-state index in [1.54, 1.807) is 19.1 Å². The van der Waals surface area contributed by atoms with E-state index in [2.05, 4.69) is 5.32 Å². The van der Waals surface area contributed by atoms with Gasteiger partial charge in [0.05, 0.1) is 27.7 Å². The average molecular weight is 569 g/mol. The number of nitrogens with one attached hydrogen (secondary N) is 1. The third kappa shape index (κ3) is 7.20. The Hall–Kier alpha value is -3.24. The SMILES string of the molecule is Cc1ccc(S(=O)(=O)N(CC(=O)NCCOc2ccccc2C(C)C)c2ccc(Cl)c(C(F)(F)F)c2)cc1. The van der Waals surface area contributed by atoms with E-state index in [0.717, 1.165) is 23.3 Å². The number of nitrogens with zero attached hydrogens (tertiary/aromatic N) is 1. The molecule has 3 rings (SSSR count). The fourth-order valence-corrected chi connectivity index (χ4v) is 5.30. The van der Waals surface area contributed by atoms with Crippen LogP contribution in [0.5, 0.6) is 5.75 Å². The molecule has 1 N–H and O–H groups in total. The summed E-state index contributed by atoms with van der Waals surface area (Å²) in [6, 6.07) is 15.9. The summed E-state index contributed by atoms with van der Waals surface area (Å²) < 4.78 is 73.8. The number of alkyl halides is 3. The second kappa shape index (κ2) is 12.1. The van der Waals surface area contributed by atoms with Gasteiger partial charge in [0.15, 0.2) is 0 Å². The van der Waals surface area contributed by atoms with E-state index in [0.29, 0.717) is 16.1 Å². The molecule has 0 heterocycles. The molecule has 0 bridgehead atoms. The standard InChI is InChI=1S/C27H28ClF3N2O4S/c1-18(2)22-6-4-5-7-25(22)37-15-14-32-26(34)17-33(38(35,36)21-11-8-19(3)9-12-21)20-10-13-24(28)23(16-20)27(29,30)31/h4-13,16,18H,14-15,17H2,1-3H3,(H,32,34). The summed E-state index contributed by atoms with van der Waals surface area (Å²) in [5.74, 6) is 0.174. The Kier molecular flexibility index (Phi) is 9.32. The van der Waals surface area contributed by atoms with Crippen molar-refractivity contribution in [1.29, 1.82) is 0 Å². The Labute approximate surface area is 225 Å². The van der Waals surface area contributed by atoms with Gasteiger partial charge in [-0.05, 0) is 54.8 Å². The number of sulfonamides is 1. The highest BCUT2D eigenvalue weighted by Gasteiger charge is 2.35. The van der Waals surface area contributed by atoms with Crippen LogP contribution < -0.4 is 14.4 Å². The van der Waals surface area contributed by atoms with Gasteiger partial charge in [-0.15, -0.1) is 0 Å². The van der Waals surface area contributed by atoms with Crippen molar-refractivity contribution in [3.8, 4) is 5.75 Å². The minimum atomic E-state index is -4.82. The van der Waals surface area contributed by atoms with Crippen molar-refractivity contribution in [2.45, 2.75) is 37.8 Å². The molecule has 204 valence electrons. The molecule has 38 heavy (non-hydrogen) atoms. The summed E-state index contributed by atoms with van der Waals surface area (Å²) in [6.07, 6.45) is -4.82. The fraction of sp³-hybridized carbons (Fsp3) is 0.296. The first-order chi connectivity index (χ1) is 17.8. The van der Waals surface area contributed by atoms with Gasteiger partial charge in [0, 0.05) is 0 Å². The molecule has 0 atom stereocenters. The second-order valence-electron chi connectivity index (χ2n) is 8.88. The van der Waals surface area contributed by atoms with Crippen molar-refractivity contribution in [3.05, 3.63) is 88.4 Å². The summed E-state index contributed by atoms with van der Waals surface area (Å²) in [5.41, 5.74) is 0.230. The molecular weight excluding hydrogens is 541 g/mol. The van der Waals surface area contributed by atoms with Gasteiger partial charge in [0.1, 0.15) is 18.9 Å². The van der Waals surface area contributed by atoms with Gasteiger partial charge in [-0.1, -0.05) is 61.3 Å². The number of para-hydroxylation sites is 1. The Balaban J connectivity index is 1.82. The van der Waals surface area contributed by atoms with Gasteiger partial charge >= 0.3 is 6.18 Å². The number of ether oxygens (including phenoxy) is 1. The van der Waals surface area contributed by atoms with Crippen molar-refractivity contribution in [1.82, 2.24) is 5.32 Å². The maximum absolute atomic E-state index is 13.5. The smallest absolute Gasteiger partial charge is 0.417 e. The molecule has 0 unspecified atom stereocenters. The molecule has 0 aliphatic heterocycles. The number of halogens is 4. The van der Waals surface area contributed by atoms with Crippen molar-refractivity contribution >= 4 is 33.2 Å². The van der Waals surface area contributed by atoms with Gasteiger partial charge in [-0.3, -0.25) is 9.10 Å². The molecule has 0 aromatic heterocycles. The van der Waals surface area contributed by atoms with Gasteiger partial charge in [0.2, 0.25) is 5.91 Å². The molecule has 0 radical (unpaired) electrons. The lowest BCUT2D eigenvalue weighted by molar-refractivity contribution is -0.137. The normalized spacial score (nSPS) is 11.9. The van der Waals surface area contributed by atoms with Gasteiger partial charge in [-0.2, -0.15) is 13.2 Å². The zero-order valence-corrected chi connectivity index (χ0v) is 22.6. The van der Waals surface area contributed by atoms with Crippen LogP contribution in [0.25, 0.3) is 0 Å². The number of aryl methyl sites for hydroxylation is 1. The zero-order chi connectivity index (χ0) is 28.1. The van der Waals surface area contributed by atoms with E-state index in [1.807, 2.05) is 38.1 Å². The Morgan fingerprint density at radius 1 is 1.05 bits per heavy atom. The third-order valence-corrected chi connectivity index (χ3v) is 7.78. The van der Waals surface area contributed by atoms with Crippen LogP contribution >= 0.6 is 11.6 Å². The van der Waals surface area contributed by atoms with E-state index in [4.69, 9.17) is 16.3 Å². The highest BCUT2D eigenvalue weighted by Crippen LogP contribution is 2.38. The molecule has 0 saturated heterocycles. The maximum Gasteiger partial charge on any atom is 0.417 e. The van der Waals surface area contributed by atoms with Gasteiger partial charge in [0.25, 0.3) is 10.0 Å². The highest BCUT2D eigenvalue weighted by molar-refractivity contribution is 7.92. The Morgan fingerprint density at radius 2 is 1.71 bits per heavy atom. The third-order valence-electron chi connectivity index (χ3n) is 5.66. The monoisotopic (exact) mass is 568 g/mol. The van der Waals surface area contributed by atoms with Crippen molar-refractivity contribution in [3.63, 3.8) is 0 Å². The molecule has 0 aliphatic rings. The lowest BCUT2D eigenvalue weighted by Crippen LogP contribution is -2.42. The minimum Gasteiger partial charge on any atom is -0.491 e. The van der Waals surface area contributed by atoms with Crippen LogP contribution in [-0.4, -0.2) is 34.0 Å². The van der Waals surface area contributed by atoms with Crippen LogP contribution in [0, 0.1) is 6.92 Å². The van der Waals surface area contributed by atoms with Crippen LogP contribution in [0.1, 0.15) is 36.5 Å². The topological polar surface area (TPSA) is 75.7 Å². The predicted octanol–water partition coefficient (Wildman–Crippen LogP) is 6.18. The van der Waals surface area contributed by atoms with E-state index in [-0.39, 0.29) is 29.7 Å². The Bertz CT molecular complexity index is 1380. The van der Waals surface area contributed by atoms with Crippen LogP contribution in [0.15, 0.2) is 71.6 Å². The van der Waals surface area contributed by atoms with E-state index < -0.39 is 39.2 Å². The van der Waals surface area contributed by atoms with Crippen LogP contribution in [0.3, 0.4) is 0 Å². The van der Waals surface area contributed by atoms with E-state index >= 15 is 0 Å². The van der Waals surface area contributed by atoms with Crippen LogP contribution in [-0.2, 0) is 21.0 Å². The summed E-state index contributed by atoms with van der Waals surface area (Å²) in [5, 5.41) is 1.99. The molecule has 3 aromatic carbocycles. The number of carbonyl (C=O) groups is 1. The summed E-state index contributed by atoms with van der Waals surface area (Å²) in [4.78, 5) is 12.6. The molecule has 0 saturated carbocycles. The quantitative estimate of drug-likeness (QED) is 0.296. The minimum absolute atomic E-state index is 0.0537. The van der Waals surface area contributed by atoms with Crippen LogP contribution in [0.2, 0.25) is 5.02 Å². The first-order valence-corrected chi connectivity index (χ1v) is 13.6. The number of hydrogen-bond donors (Lipinski definition) is 1. The lowest BCUT2D eigenvalue weighted by Gasteiger charge is -2.25. The first kappa shape index (κ1) is 29.3. The van der Waals surface area contributed by atoms with Crippen molar-refractivity contribution in [2.24, 2.45) is 0 Å². The lowest BCUT2D eigenvalue weighted by atomic mass is 10.0. The number of carbonyl (C=O) groups excluding carboxylic acids is 1. The predicted molar refractivity (Wildman–Crippen MR) is 141 cm³/mol. The number of rotatable bonds is 10. The number of amides is 1. The van der Waals surface area contributed by atoms with E-state index in [1.165, 1.54) is 12.1 Å². The van der Waals surface area contributed by atoms with Gasteiger partial charge in [-0.25, -0.2) is 8.42 Å². The number of anilines is 1. The van der Waals surface area contributed by atoms with Crippen LogP contribution in [0.4, 0.5) is 18.9 Å². The van der Waals surface area contributed by atoms with E-state index in [9.17, 15) is 26.4 Å². The average Bonchev–Trinajstić information content (AvgIpc) is 2.85. The summed E-state index contributed by atoms with van der Waals surface area (Å²) >= 11 is 5.72. The second-order valence-corrected chi connectivity index (χ2v) is 11.1. The Morgan fingerprint density at radius 3 is 2.34 bits per heavy atom. The molecular formula is C27H28ClF3N2O4S. The molecule has 1 amide bonds. The largest absolute Gasteiger partial charge is 0.491 e. The van der Waals surface area contributed by atoms with Crippen molar-refractivity contribution in [2.75, 3.05) is 24.0 Å². The highest BCUT2D eigenvalue weighted by atomic mass is 35.5. The molecule has 0 fully saturated rings. The summed E-state index contributed by atoms with van der Waals surface area (Å²) in [6.45, 7) is 5.22. The molecule has 11 heteroatoms. The number of hydrogen-bond acceptors (Lipinski definition) is 4. The van der Waals surface area contributed by atoms with Gasteiger partial charge < -0.3 is 10.1 Å². The summed E-state index contributed by atoms with van der Waals surface area (Å²) in [7, 11) is -4.40. The molecule has 0 spiro atoms. The number of benzene rings is 3.